The highest BCUT2D eigenvalue weighted by atomic mass is 16.5. The van der Waals surface area contributed by atoms with E-state index in [0.717, 1.165) is 34.5 Å². The third kappa shape index (κ3) is 6.25. The Labute approximate surface area is 226 Å². The first-order valence-corrected chi connectivity index (χ1v) is 13.0. The van der Waals surface area contributed by atoms with Gasteiger partial charge >= 0.3 is 0 Å². The SMILES string of the molecule is CCC(=O)c1cc(/C(=C\N(C)C=O)c2cc(C(C)(C)O)ccc2Oc2c(C)cc(C(C)C)cc2C)c(C)[nH]1. The van der Waals surface area contributed by atoms with Crippen molar-refractivity contribution in [3.05, 3.63) is 87.4 Å². The van der Waals surface area contributed by atoms with Gasteiger partial charge in [-0.15, -0.1) is 0 Å². The molecule has 3 rings (SSSR count). The van der Waals surface area contributed by atoms with Crippen molar-refractivity contribution in [1.82, 2.24) is 9.88 Å². The molecule has 0 aliphatic heterocycles. The third-order valence-corrected chi connectivity index (χ3v) is 6.76. The van der Waals surface area contributed by atoms with Gasteiger partial charge in [-0.25, -0.2) is 0 Å². The number of aromatic nitrogens is 1. The summed E-state index contributed by atoms with van der Waals surface area (Å²) < 4.78 is 6.60. The fourth-order valence-corrected chi connectivity index (χ4v) is 4.49. The lowest BCUT2D eigenvalue weighted by molar-refractivity contribution is -0.114. The third-order valence-electron chi connectivity index (χ3n) is 6.76. The van der Waals surface area contributed by atoms with E-state index >= 15 is 0 Å². The second kappa shape index (κ2) is 11.4. The number of hydrogen-bond donors (Lipinski definition) is 2. The first-order valence-electron chi connectivity index (χ1n) is 13.0. The highest BCUT2D eigenvalue weighted by Crippen LogP contribution is 2.40. The van der Waals surface area contributed by atoms with Crippen molar-refractivity contribution in [3.8, 4) is 11.5 Å². The lowest BCUT2D eigenvalue weighted by Gasteiger charge is -2.23. The number of aromatic amines is 1. The number of rotatable bonds is 10. The molecule has 0 fully saturated rings. The van der Waals surface area contributed by atoms with Gasteiger partial charge in [0.1, 0.15) is 11.5 Å². The highest BCUT2D eigenvalue weighted by Gasteiger charge is 2.24. The molecule has 0 aliphatic carbocycles. The molecule has 0 atom stereocenters. The summed E-state index contributed by atoms with van der Waals surface area (Å²) in [6.45, 7) is 15.6. The van der Waals surface area contributed by atoms with Gasteiger partial charge < -0.3 is 19.7 Å². The van der Waals surface area contributed by atoms with Gasteiger partial charge in [-0.3, -0.25) is 9.59 Å². The van der Waals surface area contributed by atoms with Crippen molar-refractivity contribution in [1.29, 1.82) is 0 Å². The summed E-state index contributed by atoms with van der Waals surface area (Å²) in [7, 11) is 1.66. The molecule has 38 heavy (non-hydrogen) atoms. The number of H-pyrrole nitrogens is 1. The Balaban J connectivity index is 2.29. The van der Waals surface area contributed by atoms with E-state index in [4.69, 9.17) is 4.74 Å². The quantitative estimate of drug-likeness (QED) is 0.221. The molecule has 0 saturated carbocycles. The van der Waals surface area contributed by atoms with Crippen molar-refractivity contribution < 1.29 is 19.4 Å². The molecule has 1 aromatic heterocycles. The first kappa shape index (κ1) is 28.9. The van der Waals surface area contributed by atoms with E-state index < -0.39 is 5.60 Å². The number of aryl methyl sites for hydroxylation is 3. The summed E-state index contributed by atoms with van der Waals surface area (Å²) in [5.74, 6) is 1.74. The van der Waals surface area contributed by atoms with Gasteiger partial charge in [0.05, 0.1) is 11.3 Å². The summed E-state index contributed by atoms with van der Waals surface area (Å²) in [4.78, 5) is 28.8. The summed E-state index contributed by atoms with van der Waals surface area (Å²) in [5, 5.41) is 10.8. The van der Waals surface area contributed by atoms with E-state index in [1.54, 1.807) is 27.1 Å². The van der Waals surface area contributed by atoms with E-state index in [1.807, 2.05) is 52.0 Å². The number of nitrogens with zero attached hydrogens (tertiary/aromatic N) is 1. The van der Waals surface area contributed by atoms with Crippen LogP contribution in [0.5, 0.6) is 11.5 Å². The van der Waals surface area contributed by atoms with Crippen molar-refractivity contribution in [2.45, 2.75) is 73.3 Å². The molecule has 0 spiro atoms. The Morgan fingerprint density at radius 1 is 1.08 bits per heavy atom. The number of ether oxygens (including phenoxy) is 1. The Morgan fingerprint density at radius 2 is 1.71 bits per heavy atom. The van der Waals surface area contributed by atoms with Gasteiger partial charge in [0.25, 0.3) is 0 Å². The maximum absolute atomic E-state index is 12.5. The smallest absolute Gasteiger partial charge is 0.213 e. The van der Waals surface area contributed by atoms with Crippen LogP contribution in [0, 0.1) is 20.8 Å². The Kier molecular flexibility index (Phi) is 8.68. The minimum atomic E-state index is -1.10. The molecular formula is C32H40N2O4. The zero-order chi connectivity index (χ0) is 28.4. The molecule has 3 aromatic rings. The Morgan fingerprint density at radius 3 is 2.24 bits per heavy atom. The van der Waals surface area contributed by atoms with Crippen LogP contribution >= 0.6 is 0 Å². The number of aliphatic hydroxyl groups is 1. The van der Waals surface area contributed by atoms with Crippen LogP contribution in [-0.4, -0.2) is 34.2 Å². The summed E-state index contributed by atoms with van der Waals surface area (Å²) in [5.41, 5.74) is 6.35. The molecule has 0 aliphatic rings. The molecule has 2 aromatic carbocycles. The van der Waals surface area contributed by atoms with Crippen LogP contribution in [0.25, 0.3) is 5.57 Å². The molecule has 1 amide bonds. The maximum atomic E-state index is 12.5. The summed E-state index contributed by atoms with van der Waals surface area (Å²) >= 11 is 0. The lowest BCUT2D eigenvalue weighted by atomic mass is 9.91. The first-order chi connectivity index (χ1) is 17.8. The second-order valence-electron chi connectivity index (χ2n) is 10.8. The van der Waals surface area contributed by atoms with Crippen LogP contribution in [0.2, 0.25) is 0 Å². The van der Waals surface area contributed by atoms with Crippen LogP contribution in [0.15, 0.2) is 42.6 Å². The minimum Gasteiger partial charge on any atom is -0.456 e. The lowest BCUT2D eigenvalue weighted by Crippen LogP contribution is -2.16. The summed E-state index contributed by atoms with van der Waals surface area (Å²) in [6.07, 6.45) is 2.82. The number of carbonyl (C=O) groups excluding carboxylic acids is 2. The molecule has 0 saturated heterocycles. The normalized spacial score (nSPS) is 12.1. The largest absolute Gasteiger partial charge is 0.456 e. The molecule has 1 heterocycles. The monoisotopic (exact) mass is 516 g/mol. The van der Waals surface area contributed by atoms with Crippen LogP contribution in [0.3, 0.4) is 0 Å². The Hall–Kier alpha value is -3.64. The average molecular weight is 517 g/mol. The molecule has 2 N–H and O–H groups in total. The van der Waals surface area contributed by atoms with Crippen LogP contribution < -0.4 is 4.74 Å². The number of hydrogen-bond acceptors (Lipinski definition) is 4. The van der Waals surface area contributed by atoms with Crippen molar-refractivity contribution in [3.63, 3.8) is 0 Å². The minimum absolute atomic E-state index is 0.000601. The van der Waals surface area contributed by atoms with E-state index in [2.05, 4.69) is 31.0 Å². The number of amides is 1. The molecule has 6 nitrogen and oxygen atoms in total. The molecule has 0 unspecified atom stereocenters. The van der Waals surface area contributed by atoms with E-state index in [0.29, 0.717) is 40.5 Å². The van der Waals surface area contributed by atoms with Crippen molar-refractivity contribution in [2.24, 2.45) is 0 Å². The molecule has 0 bridgehead atoms. The number of Topliss-reactive ketones (excluding diaryl/α,β-unsaturated/α-hetero) is 1. The van der Waals surface area contributed by atoms with Crippen LogP contribution in [-0.2, 0) is 10.4 Å². The average Bonchev–Trinajstić information content (AvgIpc) is 3.24. The molecule has 6 heteroatoms. The maximum Gasteiger partial charge on any atom is 0.213 e. The molecule has 202 valence electrons. The fraction of sp³-hybridized carbons (Fsp3) is 0.375. The number of benzene rings is 2. The van der Waals surface area contributed by atoms with Crippen LogP contribution in [0.4, 0.5) is 0 Å². The van der Waals surface area contributed by atoms with Gasteiger partial charge in [0.15, 0.2) is 5.78 Å². The Bertz CT molecular complexity index is 1350. The topological polar surface area (TPSA) is 82.6 Å². The van der Waals surface area contributed by atoms with Crippen molar-refractivity contribution >= 4 is 17.8 Å². The fourth-order valence-electron chi connectivity index (χ4n) is 4.49. The number of nitrogens with one attached hydrogen (secondary N) is 1. The van der Waals surface area contributed by atoms with Gasteiger partial charge in [0, 0.05) is 42.1 Å². The van der Waals surface area contributed by atoms with Crippen molar-refractivity contribution in [2.75, 3.05) is 7.05 Å². The van der Waals surface area contributed by atoms with E-state index in [9.17, 15) is 14.7 Å². The zero-order valence-corrected chi connectivity index (χ0v) is 24.0. The number of ketones is 1. The number of carbonyl (C=O) groups is 2. The second-order valence-corrected chi connectivity index (χ2v) is 10.8. The molecular weight excluding hydrogens is 476 g/mol. The van der Waals surface area contributed by atoms with E-state index in [-0.39, 0.29) is 5.78 Å². The van der Waals surface area contributed by atoms with Gasteiger partial charge in [-0.1, -0.05) is 39.0 Å². The standard InChI is InChI=1S/C32H40N2O4/c1-10-29(36)28-16-25(22(6)33-28)27(17-34(9)18-35)26-15-24(32(7,8)37)11-12-30(26)38-31-20(4)13-23(19(2)3)14-21(31)5/h11-19,33,37H,10H2,1-9H3/b27-17+. The predicted octanol–water partition coefficient (Wildman–Crippen LogP) is 7.15. The van der Waals surface area contributed by atoms with Crippen LogP contribution in [0.1, 0.15) is 96.5 Å². The molecule has 0 radical (unpaired) electrons. The highest BCUT2D eigenvalue weighted by molar-refractivity contribution is 5.96. The van der Waals surface area contributed by atoms with Gasteiger partial charge in [0.2, 0.25) is 6.41 Å². The summed E-state index contributed by atoms with van der Waals surface area (Å²) in [6, 6.07) is 11.7. The van der Waals surface area contributed by atoms with Gasteiger partial charge in [-0.2, -0.15) is 0 Å². The zero-order valence-electron chi connectivity index (χ0n) is 24.0. The van der Waals surface area contributed by atoms with Gasteiger partial charge in [-0.05, 0) is 81.0 Å². The predicted molar refractivity (Wildman–Crippen MR) is 153 cm³/mol. The van der Waals surface area contributed by atoms with E-state index in [1.165, 1.54) is 10.5 Å².